The molecule has 2 aliphatic rings. The number of nitrogens with zero attached hydrogens (tertiary/aromatic N) is 2. The molecule has 8 heteroatoms. The van der Waals surface area contributed by atoms with Crippen LogP contribution in [-0.2, 0) is 22.5 Å². The van der Waals surface area contributed by atoms with Crippen LogP contribution in [0.4, 0.5) is 0 Å². The van der Waals surface area contributed by atoms with Crippen molar-refractivity contribution in [3.63, 3.8) is 0 Å². The molecule has 1 N–H and O–H groups in total. The van der Waals surface area contributed by atoms with Gasteiger partial charge in [0.1, 0.15) is 17.6 Å². The Morgan fingerprint density at radius 1 is 1.34 bits per heavy atom. The number of hydrogen-bond acceptors (Lipinski definition) is 5. The third-order valence-corrected chi connectivity index (χ3v) is 5.36. The SMILES string of the molecule is CCOC(=O)C1CCN(C(=NC)NCc2cc3c(cc2OC)CC(C)O3)CC1.I. The van der Waals surface area contributed by atoms with Crippen LogP contribution in [0.5, 0.6) is 11.5 Å². The molecule has 0 aromatic heterocycles. The third-order valence-electron chi connectivity index (χ3n) is 5.36. The Bertz CT molecular complexity index is 733. The highest BCUT2D eigenvalue weighted by atomic mass is 127. The van der Waals surface area contributed by atoms with E-state index in [1.807, 2.05) is 6.92 Å². The highest BCUT2D eigenvalue weighted by molar-refractivity contribution is 14.0. The molecule has 1 unspecified atom stereocenters. The maximum absolute atomic E-state index is 11.9. The van der Waals surface area contributed by atoms with E-state index in [0.717, 1.165) is 55.4 Å². The molecule has 0 radical (unpaired) electrons. The third kappa shape index (κ3) is 5.67. The summed E-state index contributed by atoms with van der Waals surface area (Å²) >= 11 is 0. The number of halogens is 1. The van der Waals surface area contributed by atoms with Gasteiger partial charge in [-0.25, -0.2) is 0 Å². The van der Waals surface area contributed by atoms with Crippen LogP contribution in [0.25, 0.3) is 0 Å². The summed E-state index contributed by atoms with van der Waals surface area (Å²) in [7, 11) is 3.48. The Hall–Kier alpha value is -1.71. The summed E-state index contributed by atoms with van der Waals surface area (Å²) in [5.74, 6) is 2.54. The minimum Gasteiger partial charge on any atom is -0.496 e. The van der Waals surface area contributed by atoms with Gasteiger partial charge in [0, 0.05) is 44.2 Å². The van der Waals surface area contributed by atoms with Gasteiger partial charge in [-0.1, -0.05) is 0 Å². The van der Waals surface area contributed by atoms with E-state index in [-0.39, 0.29) is 42.0 Å². The van der Waals surface area contributed by atoms with Crippen LogP contribution in [0, 0.1) is 5.92 Å². The van der Waals surface area contributed by atoms with E-state index in [1.165, 1.54) is 5.56 Å². The van der Waals surface area contributed by atoms with Crippen LogP contribution in [0.3, 0.4) is 0 Å². The molecular weight excluding hydrogens is 485 g/mol. The molecule has 0 bridgehead atoms. The maximum atomic E-state index is 11.9. The van der Waals surface area contributed by atoms with Gasteiger partial charge in [-0.05, 0) is 38.8 Å². The number of aliphatic imine (C=N–C) groups is 1. The van der Waals surface area contributed by atoms with Crippen molar-refractivity contribution in [2.75, 3.05) is 33.9 Å². The van der Waals surface area contributed by atoms with Crippen LogP contribution in [0.1, 0.15) is 37.8 Å². The molecule has 0 spiro atoms. The second-order valence-electron chi connectivity index (χ2n) is 7.32. The zero-order valence-electron chi connectivity index (χ0n) is 17.7. The largest absolute Gasteiger partial charge is 0.496 e. The molecular formula is C21H32IN3O4. The number of ether oxygens (including phenoxy) is 3. The molecule has 2 heterocycles. The predicted octanol–water partition coefficient (Wildman–Crippen LogP) is 2.99. The Morgan fingerprint density at radius 3 is 2.69 bits per heavy atom. The smallest absolute Gasteiger partial charge is 0.309 e. The first kappa shape index (κ1) is 23.6. The van der Waals surface area contributed by atoms with Crippen LogP contribution in [0.2, 0.25) is 0 Å². The van der Waals surface area contributed by atoms with Crippen molar-refractivity contribution < 1.29 is 19.0 Å². The summed E-state index contributed by atoms with van der Waals surface area (Å²) in [6, 6.07) is 4.13. The highest BCUT2D eigenvalue weighted by Crippen LogP contribution is 2.35. The highest BCUT2D eigenvalue weighted by Gasteiger charge is 2.27. The number of piperidine rings is 1. The Kier molecular flexibility index (Phi) is 8.85. The number of carbonyl (C=O) groups excluding carboxylic acids is 1. The fraction of sp³-hybridized carbons (Fsp3) is 0.619. The molecule has 0 saturated carbocycles. The fourth-order valence-corrected chi connectivity index (χ4v) is 3.90. The van der Waals surface area contributed by atoms with Gasteiger partial charge < -0.3 is 24.4 Å². The minimum atomic E-state index is -0.0813. The molecule has 0 amide bonds. The molecule has 1 saturated heterocycles. The maximum Gasteiger partial charge on any atom is 0.309 e. The zero-order valence-corrected chi connectivity index (χ0v) is 20.0. The van der Waals surface area contributed by atoms with E-state index < -0.39 is 0 Å². The van der Waals surface area contributed by atoms with Crippen molar-refractivity contribution in [3.05, 3.63) is 23.3 Å². The molecule has 1 aromatic rings. The lowest BCUT2D eigenvalue weighted by molar-refractivity contribution is -0.149. The molecule has 29 heavy (non-hydrogen) atoms. The van der Waals surface area contributed by atoms with Crippen molar-refractivity contribution in [1.82, 2.24) is 10.2 Å². The zero-order chi connectivity index (χ0) is 20.1. The van der Waals surface area contributed by atoms with Crippen LogP contribution < -0.4 is 14.8 Å². The average molecular weight is 517 g/mol. The van der Waals surface area contributed by atoms with Gasteiger partial charge in [0.25, 0.3) is 0 Å². The molecule has 162 valence electrons. The van der Waals surface area contributed by atoms with Gasteiger partial charge in [-0.3, -0.25) is 9.79 Å². The van der Waals surface area contributed by atoms with E-state index in [0.29, 0.717) is 13.2 Å². The quantitative estimate of drug-likeness (QED) is 0.280. The van der Waals surface area contributed by atoms with Crippen molar-refractivity contribution in [2.24, 2.45) is 10.9 Å². The molecule has 0 aliphatic carbocycles. The second kappa shape index (κ2) is 10.9. The number of methoxy groups -OCH3 is 1. The Labute approximate surface area is 190 Å². The summed E-state index contributed by atoms with van der Waals surface area (Å²) in [4.78, 5) is 18.5. The van der Waals surface area contributed by atoms with Gasteiger partial charge in [0.15, 0.2) is 5.96 Å². The van der Waals surface area contributed by atoms with Crippen molar-refractivity contribution in [3.8, 4) is 11.5 Å². The first-order chi connectivity index (χ1) is 13.5. The molecule has 2 aliphatic heterocycles. The summed E-state index contributed by atoms with van der Waals surface area (Å²) < 4.78 is 16.6. The summed E-state index contributed by atoms with van der Waals surface area (Å²) in [6.45, 7) is 6.52. The molecule has 7 nitrogen and oxygen atoms in total. The van der Waals surface area contributed by atoms with Gasteiger partial charge in [-0.2, -0.15) is 0 Å². The van der Waals surface area contributed by atoms with Crippen LogP contribution >= 0.6 is 24.0 Å². The number of nitrogens with one attached hydrogen (secondary N) is 1. The number of guanidine groups is 1. The fourth-order valence-electron chi connectivity index (χ4n) is 3.90. The number of fused-ring (bicyclic) bond motifs is 1. The lowest BCUT2D eigenvalue weighted by Gasteiger charge is -2.33. The van der Waals surface area contributed by atoms with E-state index in [4.69, 9.17) is 14.2 Å². The topological polar surface area (TPSA) is 72.4 Å². The number of esters is 1. The van der Waals surface area contributed by atoms with Crippen molar-refractivity contribution >= 4 is 35.9 Å². The van der Waals surface area contributed by atoms with Gasteiger partial charge in [0.05, 0.1) is 19.6 Å². The first-order valence-corrected chi connectivity index (χ1v) is 10.0. The van der Waals surface area contributed by atoms with Crippen molar-refractivity contribution in [2.45, 2.75) is 45.8 Å². The lowest BCUT2D eigenvalue weighted by atomic mass is 9.97. The van der Waals surface area contributed by atoms with E-state index in [1.54, 1.807) is 14.2 Å². The van der Waals surface area contributed by atoms with E-state index in [2.05, 4.69) is 34.3 Å². The van der Waals surface area contributed by atoms with E-state index in [9.17, 15) is 4.79 Å². The van der Waals surface area contributed by atoms with Crippen LogP contribution in [-0.4, -0.2) is 56.8 Å². The number of hydrogen-bond donors (Lipinski definition) is 1. The lowest BCUT2D eigenvalue weighted by Crippen LogP contribution is -2.46. The second-order valence-corrected chi connectivity index (χ2v) is 7.32. The minimum absolute atomic E-state index is 0. The first-order valence-electron chi connectivity index (χ1n) is 10.0. The molecule has 1 aromatic carbocycles. The number of rotatable bonds is 5. The van der Waals surface area contributed by atoms with E-state index >= 15 is 0 Å². The predicted molar refractivity (Wildman–Crippen MR) is 123 cm³/mol. The Morgan fingerprint density at radius 2 is 2.07 bits per heavy atom. The number of benzene rings is 1. The molecule has 1 atom stereocenters. The summed E-state index contributed by atoms with van der Waals surface area (Å²) in [5.41, 5.74) is 2.23. The summed E-state index contributed by atoms with van der Waals surface area (Å²) in [6.07, 6.45) is 2.69. The molecule has 1 fully saturated rings. The number of carbonyl (C=O) groups is 1. The average Bonchev–Trinajstić information content (AvgIpc) is 3.07. The van der Waals surface area contributed by atoms with Crippen LogP contribution in [0.15, 0.2) is 17.1 Å². The summed E-state index contributed by atoms with van der Waals surface area (Å²) in [5, 5.41) is 3.43. The monoisotopic (exact) mass is 517 g/mol. The standard InChI is InChI=1S/C21H31N3O4.HI/c1-5-27-20(25)15-6-8-24(9-7-15)21(22-3)23-13-17-12-19-16(10-14(2)28-19)11-18(17)26-4;/h11-12,14-15H,5-10,13H2,1-4H3,(H,22,23);1H. The van der Waals surface area contributed by atoms with Gasteiger partial charge >= 0.3 is 5.97 Å². The Balaban J connectivity index is 0.00000300. The van der Waals surface area contributed by atoms with Crippen molar-refractivity contribution in [1.29, 1.82) is 0 Å². The number of likely N-dealkylation sites (tertiary alicyclic amines) is 1. The normalized spacial score (nSPS) is 19.1. The van der Waals surface area contributed by atoms with Gasteiger partial charge in [0.2, 0.25) is 0 Å². The van der Waals surface area contributed by atoms with Gasteiger partial charge in [-0.15, -0.1) is 24.0 Å². The molecule has 3 rings (SSSR count).